The van der Waals surface area contributed by atoms with Crippen molar-refractivity contribution in [3.05, 3.63) is 57.6 Å². The van der Waals surface area contributed by atoms with Gasteiger partial charge in [-0.1, -0.05) is 41.4 Å². The fourth-order valence-electron chi connectivity index (χ4n) is 3.40. The molecule has 1 unspecified atom stereocenters. The molecule has 1 aliphatic heterocycles. The van der Waals surface area contributed by atoms with Crippen LogP contribution >= 0.6 is 23.2 Å². The molecule has 1 atom stereocenters. The predicted octanol–water partition coefficient (Wildman–Crippen LogP) is 3.86. The fraction of sp³-hybridized carbons (Fsp3) is 0.381. The molecular formula is C21H24Cl2N2O5S. The molecule has 0 aromatic heterocycles. The summed E-state index contributed by atoms with van der Waals surface area (Å²) >= 11 is 12.5. The Hall–Kier alpha value is -1.84. The summed E-state index contributed by atoms with van der Waals surface area (Å²) < 4.78 is 38.1. The molecular weight excluding hydrogens is 463 g/mol. The first-order valence-electron chi connectivity index (χ1n) is 9.65. The van der Waals surface area contributed by atoms with Gasteiger partial charge in [-0.2, -0.15) is 4.31 Å². The first-order valence-corrected chi connectivity index (χ1v) is 11.8. The van der Waals surface area contributed by atoms with Crippen molar-refractivity contribution in [2.24, 2.45) is 0 Å². The van der Waals surface area contributed by atoms with E-state index in [0.29, 0.717) is 19.0 Å². The van der Waals surface area contributed by atoms with E-state index in [1.54, 1.807) is 14.2 Å². The molecule has 1 fully saturated rings. The van der Waals surface area contributed by atoms with Gasteiger partial charge in [-0.05, 0) is 25.1 Å². The van der Waals surface area contributed by atoms with Gasteiger partial charge in [0.2, 0.25) is 10.0 Å². The minimum atomic E-state index is -3.90. The summed E-state index contributed by atoms with van der Waals surface area (Å²) in [7, 11) is -0.715. The highest BCUT2D eigenvalue weighted by Gasteiger charge is 2.31. The molecule has 31 heavy (non-hydrogen) atoms. The zero-order chi connectivity index (χ0) is 22.8. The van der Waals surface area contributed by atoms with E-state index in [1.807, 2.05) is 31.2 Å². The molecule has 7 nitrogen and oxygen atoms in total. The molecule has 1 heterocycles. The number of amides is 1. The normalized spacial score (nSPS) is 16.0. The topological polar surface area (TPSA) is 76.2 Å². The zero-order valence-corrected chi connectivity index (χ0v) is 19.8. The first kappa shape index (κ1) is 23.8. The van der Waals surface area contributed by atoms with Crippen LogP contribution in [0.25, 0.3) is 0 Å². The van der Waals surface area contributed by atoms with Crippen molar-refractivity contribution in [1.29, 1.82) is 0 Å². The van der Waals surface area contributed by atoms with Gasteiger partial charge < -0.3 is 14.4 Å². The van der Waals surface area contributed by atoms with Crippen molar-refractivity contribution >= 4 is 39.1 Å². The number of methoxy groups -OCH3 is 1. The van der Waals surface area contributed by atoms with Gasteiger partial charge in [0.1, 0.15) is 10.6 Å². The Labute approximate surface area is 192 Å². The first-order chi connectivity index (χ1) is 14.7. The Morgan fingerprint density at radius 1 is 1.16 bits per heavy atom. The minimum absolute atomic E-state index is 0.0338. The maximum absolute atomic E-state index is 13.3. The molecule has 10 heteroatoms. The van der Waals surface area contributed by atoms with E-state index < -0.39 is 15.9 Å². The van der Waals surface area contributed by atoms with E-state index in [-0.39, 0.29) is 39.6 Å². The number of ether oxygens (including phenoxy) is 2. The second-order valence-electron chi connectivity index (χ2n) is 7.11. The molecule has 2 aromatic rings. The number of halogens is 2. The number of nitrogens with zero attached hydrogens (tertiary/aromatic N) is 2. The van der Waals surface area contributed by atoms with Crippen LogP contribution in [-0.4, -0.2) is 64.0 Å². The Kier molecular flexibility index (Phi) is 7.49. The average molecular weight is 487 g/mol. The molecule has 1 saturated heterocycles. The zero-order valence-electron chi connectivity index (χ0n) is 17.5. The number of morpholine rings is 1. The van der Waals surface area contributed by atoms with Crippen LogP contribution in [-0.2, 0) is 14.8 Å². The summed E-state index contributed by atoms with van der Waals surface area (Å²) in [5.41, 5.74) is 0.870. The summed E-state index contributed by atoms with van der Waals surface area (Å²) in [5.74, 6) is 0.214. The maximum atomic E-state index is 13.3. The van der Waals surface area contributed by atoms with Crippen molar-refractivity contribution < 1.29 is 22.7 Å². The third-order valence-electron chi connectivity index (χ3n) is 5.33. The van der Waals surface area contributed by atoms with Gasteiger partial charge in [0.25, 0.3) is 5.91 Å². The van der Waals surface area contributed by atoms with Crippen LogP contribution in [0.15, 0.2) is 41.3 Å². The van der Waals surface area contributed by atoms with E-state index in [4.69, 9.17) is 32.7 Å². The molecule has 0 radical (unpaired) electrons. The van der Waals surface area contributed by atoms with Crippen LogP contribution in [0.5, 0.6) is 5.75 Å². The van der Waals surface area contributed by atoms with Crippen LogP contribution in [0.4, 0.5) is 0 Å². The van der Waals surface area contributed by atoms with Crippen molar-refractivity contribution in [2.75, 3.05) is 40.5 Å². The molecule has 1 amide bonds. The highest BCUT2D eigenvalue weighted by molar-refractivity contribution is 7.89. The average Bonchev–Trinajstić information content (AvgIpc) is 2.78. The molecule has 0 saturated carbocycles. The third-order valence-corrected chi connectivity index (χ3v) is 8.01. The quantitative estimate of drug-likeness (QED) is 0.619. The smallest absolute Gasteiger partial charge is 0.255 e. The highest BCUT2D eigenvalue weighted by Crippen LogP contribution is 2.34. The number of rotatable bonds is 6. The number of hydrogen-bond acceptors (Lipinski definition) is 5. The van der Waals surface area contributed by atoms with Gasteiger partial charge in [-0.3, -0.25) is 4.79 Å². The maximum Gasteiger partial charge on any atom is 0.255 e. The van der Waals surface area contributed by atoms with Crippen LogP contribution in [0, 0.1) is 0 Å². The lowest BCUT2D eigenvalue weighted by atomic mass is 10.0. The lowest BCUT2D eigenvalue weighted by Crippen LogP contribution is -2.40. The third kappa shape index (κ3) is 4.83. The number of benzene rings is 2. The predicted molar refractivity (Wildman–Crippen MR) is 120 cm³/mol. The van der Waals surface area contributed by atoms with Crippen molar-refractivity contribution in [2.45, 2.75) is 17.9 Å². The van der Waals surface area contributed by atoms with Crippen molar-refractivity contribution in [3.63, 3.8) is 0 Å². The largest absolute Gasteiger partial charge is 0.496 e. The van der Waals surface area contributed by atoms with Gasteiger partial charge in [0, 0.05) is 25.7 Å². The Morgan fingerprint density at radius 2 is 1.81 bits per heavy atom. The molecule has 2 aromatic carbocycles. The van der Waals surface area contributed by atoms with E-state index in [2.05, 4.69) is 0 Å². The Bertz CT molecular complexity index is 1070. The lowest BCUT2D eigenvalue weighted by Gasteiger charge is -2.28. The molecule has 0 N–H and O–H groups in total. The fourth-order valence-corrected chi connectivity index (χ4v) is 5.64. The second-order valence-corrected chi connectivity index (χ2v) is 9.83. The number of carbonyl (C=O) groups is 1. The van der Waals surface area contributed by atoms with Crippen LogP contribution in [0.2, 0.25) is 10.0 Å². The number of hydrogen-bond donors (Lipinski definition) is 0. The van der Waals surface area contributed by atoms with Gasteiger partial charge in [-0.15, -0.1) is 0 Å². The standard InChI is InChI=1S/C21H24Cl2N2O5S/c1-14(15-6-4-5-7-19(15)29-3)24(2)21(26)16-12-20(18(23)13-17(16)22)31(27,28)25-8-10-30-11-9-25/h4-7,12-14H,8-11H2,1-3H3. The van der Waals surface area contributed by atoms with E-state index >= 15 is 0 Å². The summed E-state index contributed by atoms with van der Waals surface area (Å²) in [6.07, 6.45) is 0. The lowest BCUT2D eigenvalue weighted by molar-refractivity contribution is 0.0728. The molecule has 0 bridgehead atoms. The summed E-state index contributed by atoms with van der Waals surface area (Å²) in [6.45, 7) is 2.89. The van der Waals surface area contributed by atoms with Gasteiger partial charge >= 0.3 is 0 Å². The number of carbonyl (C=O) groups excluding carboxylic acids is 1. The summed E-state index contributed by atoms with van der Waals surface area (Å²) in [5, 5.41) is 0.0449. The van der Waals surface area contributed by atoms with E-state index in [9.17, 15) is 13.2 Å². The second kappa shape index (κ2) is 9.75. The molecule has 1 aliphatic rings. The van der Waals surface area contributed by atoms with Gasteiger partial charge in [0.15, 0.2) is 0 Å². The Balaban J connectivity index is 1.96. The molecule has 0 aliphatic carbocycles. The van der Waals surface area contributed by atoms with Crippen LogP contribution in [0.3, 0.4) is 0 Å². The highest BCUT2D eigenvalue weighted by atomic mass is 35.5. The minimum Gasteiger partial charge on any atom is -0.496 e. The van der Waals surface area contributed by atoms with Crippen LogP contribution in [0.1, 0.15) is 28.9 Å². The summed E-state index contributed by atoms with van der Waals surface area (Å²) in [6, 6.07) is 9.58. The number of sulfonamides is 1. The van der Waals surface area contributed by atoms with E-state index in [0.717, 1.165) is 5.56 Å². The van der Waals surface area contributed by atoms with Crippen molar-refractivity contribution in [1.82, 2.24) is 9.21 Å². The summed E-state index contributed by atoms with van der Waals surface area (Å²) in [4.78, 5) is 14.6. The molecule has 0 spiro atoms. The SMILES string of the molecule is COc1ccccc1C(C)N(C)C(=O)c1cc(S(=O)(=O)N2CCOCC2)c(Cl)cc1Cl. The van der Waals surface area contributed by atoms with Gasteiger partial charge in [0.05, 0.1) is 42.0 Å². The monoisotopic (exact) mass is 486 g/mol. The van der Waals surface area contributed by atoms with Gasteiger partial charge in [-0.25, -0.2) is 8.42 Å². The van der Waals surface area contributed by atoms with Crippen LogP contribution < -0.4 is 4.74 Å². The van der Waals surface area contributed by atoms with Crippen molar-refractivity contribution in [3.8, 4) is 5.75 Å². The Morgan fingerprint density at radius 3 is 2.45 bits per heavy atom. The van der Waals surface area contributed by atoms with E-state index in [1.165, 1.54) is 21.3 Å². The number of para-hydroxylation sites is 1. The molecule has 168 valence electrons. The molecule has 3 rings (SSSR count).